The van der Waals surface area contributed by atoms with Crippen molar-refractivity contribution in [3.8, 4) is 0 Å². The van der Waals surface area contributed by atoms with Gasteiger partial charge in [0, 0.05) is 32.9 Å². The summed E-state index contributed by atoms with van der Waals surface area (Å²) in [5.74, 6) is 1.73. The molecule has 1 aromatic rings. The minimum Gasteiger partial charge on any atom is -0.384 e. The summed E-state index contributed by atoms with van der Waals surface area (Å²) in [6.45, 7) is 5.65. The minimum absolute atomic E-state index is 0.556. The van der Waals surface area contributed by atoms with Crippen LogP contribution in [-0.4, -0.2) is 31.8 Å². The van der Waals surface area contributed by atoms with E-state index < -0.39 is 0 Å². The Kier molecular flexibility index (Phi) is 4.55. The molecule has 0 amide bonds. The number of aryl methyl sites for hydroxylation is 1. The molecule has 0 spiro atoms. The van der Waals surface area contributed by atoms with Gasteiger partial charge in [-0.25, -0.2) is 4.98 Å². The van der Waals surface area contributed by atoms with Gasteiger partial charge in [-0.3, -0.25) is 0 Å². The Morgan fingerprint density at radius 1 is 1.56 bits per heavy atom. The lowest BCUT2D eigenvalue weighted by atomic mass is 9.98. The molecule has 4 nitrogen and oxygen atoms in total. The van der Waals surface area contributed by atoms with Gasteiger partial charge in [-0.05, 0) is 42.9 Å². The maximum atomic E-state index is 5.64. The molecule has 1 fully saturated rings. The van der Waals surface area contributed by atoms with Crippen molar-refractivity contribution in [2.24, 2.45) is 11.7 Å². The Labute approximate surface area is 109 Å². The van der Waals surface area contributed by atoms with E-state index in [0.29, 0.717) is 12.5 Å². The third-order valence-corrected chi connectivity index (χ3v) is 3.56. The Morgan fingerprint density at radius 2 is 2.39 bits per heavy atom. The number of aromatic nitrogens is 1. The molecule has 1 unspecified atom stereocenters. The molecule has 1 atom stereocenters. The number of anilines is 1. The van der Waals surface area contributed by atoms with E-state index in [9.17, 15) is 0 Å². The van der Waals surface area contributed by atoms with Crippen molar-refractivity contribution in [3.63, 3.8) is 0 Å². The van der Waals surface area contributed by atoms with Crippen LogP contribution in [0.2, 0.25) is 0 Å². The molecule has 0 bridgehead atoms. The first-order valence-corrected chi connectivity index (χ1v) is 6.64. The predicted molar refractivity (Wildman–Crippen MR) is 73.7 cm³/mol. The van der Waals surface area contributed by atoms with E-state index in [1.807, 2.05) is 6.20 Å². The maximum absolute atomic E-state index is 5.64. The van der Waals surface area contributed by atoms with Crippen molar-refractivity contribution in [2.45, 2.75) is 26.3 Å². The van der Waals surface area contributed by atoms with E-state index in [-0.39, 0.29) is 0 Å². The predicted octanol–water partition coefficient (Wildman–Crippen LogP) is 1.71. The summed E-state index contributed by atoms with van der Waals surface area (Å²) >= 11 is 0. The summed E-state index contributed by atoms with van der Waals surface area (Å²) in [5, 5.41) is 0. The SMILES string of the molecule is COCC1CCCN(c2ncc(CN)cc2C)C1. The second kappa shape index (κ2) is 6.16. The number of nitrogens with two attached hydrogens (primary N) is 1. The van der Waals surface area contributed by atoms with Gasteiger partial charge in [0.1, 0.15) is 5.82 Å². The van der Waals surface area contributed by atoms with Crippen molar-refractivity contribution in [2.75, 3.05) is 31.7 Å². The lowest BCUT2D eigenvalue weighted by Gasteiger charge is -2.34. The summed E-state index contributed by atoms with van der Waals surface area (Å²) in [5.41, 5.74) is 7.96. The maximum Gasteiger partial charge on any atom is 0.131 e. The average molecular weight is 249 g/mol. The molecule has 1 aliphatic rings. The van der Waals surface area contributed by atoms with Crippen molar-refractivity contribution in [1.82, 2.24) is 4.98 Å². The van der Waals surface area contributed by atoms with E-state index in [4.69, 9.17) is 10.5 Å². The van der Waals surface area contributed by atoms with Crippen LogP contribution in [0.4, 0.5) is 5.82 Å². The average Bonchev–Trinajstić information content (AvgIpc) is 2.39. The van der Waals surface area contributed by atoms with Gasteiger partial charge < -0.3 is 15.4 Å². The number of hydrogen-bond acceptors (Lipinski definition) is 4. The van der Waals surface area contributed by atoms with E-state index in [0.717, 1.165) is 31.1 Å². The fourth-order valence-electron chi connectivity index (χ4n) is 2.70. The van der Waals surface area contributed by atoms with E-state index >= 15 is 0 Å². The van der Waals surface area contributed by atoms with E-state index in [2.05, 4.69) is 22.9 Å². The normalized spacial score (nSPS) is 20.2. The van der Waals surface area contributed by atoms with Crippen LogP contribution in [0.15, 0.2) is 12.3 Å². The van der Waals surface area contributed by atoms with Gasteiger partial charge in [0.05, 0.1) is 6.61 Å². The molecule has 1 aromatic heterocycles. The zero-order valence-corrected chi connectivity index (χ0v) is 11.4. The Balaban J connectivity index is 2.10. The fourth-order valence-corrected chi connectivity index (χ4v) is 2.70. The molecule has 2 N–H and O–H groups in total. The monoisotopic (exact) mass is 249 g/mol. The highest BCUT2D eigenvalue weighted by atomic mass is 16.5. The van der Waals surface area contributed by atoms with E-state index in [1.165, 1.54) is 18.4 Å². The van der Waals surface area contributed by atoms with Gasteiger partial charge in [0.2, 0.25) is 0 Å². The molecule has 2 rings (SSSR count). The number of nitrogens with zero attached hydrogens (tertiary/aromatic N) is 2. The van der Waals surface area contributed by atoms with Gasteiger partial charge in [0.15, 0.2) is 0 Å². The fraction of sp³-hybridized carbons (Fsp3) is 0.643. The van der Waals surface area contributed by atoms with Crippen LogP contribution in [0.5, 0.6) is 0 Å². The quantitative estimate of drug-likeness (QED) is 0.882. The molecule has 18 heavy (non-hydrogen) atoms. The summed E-state index contributed by atoms with van der Waals surface area (Å²) in [7, 11) is 1.78. The summed E-state index contributed by atoms with van der Waals surface area (Å²) in [6.07, 6.45) is 4.36. The second-order valence-electron chi connectivity index (χ2n) is 5.10. The lowest BCUT2D eigenvalue weighted by Crippen LogP contribution is -2.38. The molecule has 1 aliphatic heterocycles. The molecule has 0 radical (unpaired) electrons. The summed E-state index contributed by atoms with van der Waals surface area (Å²) < 4.78 is 5.27. The van der Waals surface area contributed by atoms with Gasteiger partial charge in [-0.15, -0.1) is 0 Å². The van der Waals surface area contributed by atoms with Gasteiger partial charge in [-0.2, -0.15) is 0 Å². The van der Waals surface area contributed by atoms with Crippen LogP contribution in [0.1, 0.15) is 24.0 Å². The third kappa shape index (κ3) is 3.00. The highest BCUT2D eigenvalue weighted by Crippen LogP contribution is 2.24. The smallest absolute Gasteiger partial charge is 0.131 e. The van der Waals surface area contributed by atoms with Crippen LogP contribution in [0.25, 0.3) is 0 Å². The molecular formula is C14H23N3O. The molecule has 4 heteroatoms. The topological polar surface area (TPSA) is 51.4 Å². The van der Waals surface area contributed by atoms with Crippen LogP contribution >= 0.6 is 0 Å². The van der Waals surface area contributed by atoms with Crippen molar-refractivity contribution < 1.29 is 4.74 Å². The molecule has 1 saturated heterocycles. The zero-order chi connectivity index (χ0) is 13.0. The number of methoxy groups -OCH3 is 1. The first-order chi connectivity index (χ1) is 8.74. The summed E-state index contributed by atoms with van der Waals surface area (Å²) in [4.78, 5) is 6.95. The van der Waals surface area contributed by atoms with E-state index in [1.54, 1.807) is 7.11 Å². The molecule has 0 aromatic carbocycles. The lowest BCUT2D eigenvalue weighted by molar-refractivity contribution is 0.143. The largest absolute Gasteiger partial charge is 0.384 e. The number of piperidine rings is 1. The molecule has 0 saturated carbocycles. The molecule has 100 valence electrons. The highest BCUT2D eigenvalue weighted by molar-refractivity contribution is 5.47. The van der Waals surface area contributed by atoms with Crippen LogP contribution in [0, 0.1) is 12.8 Å². The van der Waals surface area contributed by atoms with Gasteiger partial charge in [0.25, 0.3) is 0 Å². The standard InChI is InChI=1S/C14H23N3O/c1-11-6-13(7-15)8-16-14(11)17-5-3-4-12(9-17)10-18-2/h6,8,12H,3-5,7,9-10,15H2,1-2H3. The van der Waals surface area contributed by atoms with Crippen molar-refractivity contribution >= 4 is 5.82 Å². The zero-order valence-electron chi connectivity index (χ0n) is 11.4. The Morgan fingerprint density at radius 3 is 3.06 bits per heavy atom. The molecule has 0 aliphatic carbocycles. The third-order valence-electron chi connectivity index (χ3n) is 3.56. The Bertz CT molecular complexity index is 393. The first-order valence-electron chi connectivity index (χ1n) is 6.64. The molecular weight excluding hydrogens is 226 g/mol. The number of ether oxygens (including phenoxy) is 1. The van der Waals surface area contributed by atoms with Crippen molar-refractivity contribution in [1.29, 1.82) is 0 Å². The first kappa shape index (κ1) is 13.3. The highest BCUT2D eigenvalue weighted by Gasteiger charge is 2.21. The van der Waals surface area contributed by atoms with Gasteiger partial charge in [-0.1, -0.05) is 0 Å². The summed E-state index contributed by atoms with van der Waals surface area (Å²) in [6, 6.07) is 2.14. The van der Waals surface area contributed by atoms with Gasteiger partial charge >= 0.3 is 0 Å². The van der Waals surface area contributed by atoms with Crippen LogP contribution in [0.3, 0.4) is 0 Å². The number of pyridine rings is 1. The van der Waals surface area contributed by atoms with Crippen LogP contribution in [-0.2, 0) is 11.3 Å². The molecule has 2 heterocycles. The Hall–Kier alpha value is -1.13. The van der Waals surface area contributed by atoms with Crippen molar-refractivity contribution in [3.05, 3.63) is 23.4 Å². The number of rotatable bonds is 4. The number of hydrogen-bond donors (Lipinski definition) is 1. The van der Waals surface area contributed by atoms with Crippen LogP contribution < -0.4 is 10.6 Å². The second-order valence-corrected chi connectivity index (χ2v) is 5.10. The minimum atomic E-state index is 0.556.